The van der Waals surface area contributed by atoms with Gasteiger partial charge in [-0.3, -0.25) is 0 Å². The van der Waals surface area contributed by atoms with Gasteiger partial charge in [0, 0.05) is 12.0 Å². The van der Waals surface area contributed by atoms with Crippen molar-refractivity contribution in [1.82, 2.24) is 5.32 Å². The summed E-state index contributed by atoms with van der Waals surface area (Å²) in [5.74, 6) is 0. The topological polar surface area (TPSA) is 38.3 Å². The molecule has 0 spiro atoms. The maximum Gasteiger partial charge on any atom is 0.407 e. The molecule has 0 fully saturated rings. The lowest BCUT2D eigenvalue weighted by atomic mass is 9.71. The lowest BCUT2D eigenvalue weighted by molar-refractivity contribution is 0.137. The van der Waals surface area contributed by atoms with Crippen LogP contribution in [0.25, 0.3) is 0 Å². The second-order valence-electron chi connectivity index (χ2n) is 7.06. The van der Waals surface area contributed by atoms with Gasteiger partial charge in [0.2, 0.25) is 0 Å². The molecule has 1 N–H and O–H groups in total. The molecule has 0 atom stereocenters. The van der Waals surface area contributed by atoms with Gasteiger partial charge in [-0.2, -0.15) is 0 Å². The van der Waals surface area contributed by atoms with Crippen LogP contribution in [-0.2, 0) is 16.8 Å². The van der Waals surface area contributed by atoms with Gasteiger partial charge in [0.1, 0.15) is 6.61 Å². The first-order valence-corrected chi connectivity index (χ1v) is 9.91. The molecule has 3 rings (SSSR count). The van der Waals surface area contributed by atoms with E-state index in [0.717, 1.165) is 29.5 Å². The maximum atomic E-state index is 12.4. The Bertz CT molecular complexity index is 852. The van der Waals surface area contributed by atoms with E-state index in [1.807, 2.05) is 72.8 Å². The fourth-order valence-electron chi connectivity index (χ4n) is 3.61. The highest BCUT2D eigenvalue weighted by Gasteiger charge is 2.34. The summed E-state index contributed by atoms with van der Waals surface area (Å²) in [6.07, 6.45) is 3.19. The summed E-state index contributed by atoms with van der Waals surface area (Å²) < 4.78 is 5.43. The van der Waals surface area contributed by atoms with Crippen LogP contribution < -0.4 is 5.32 Å². The smallest absolute Gasteiger partial charge is 0.407 e. The first-order chi connectivity index (χ1) is 14.2. The third-order valence-corrected chi connectivity index (χ3v) is 5.18. The number of allylic oxidation sites excluding steroid dienone is 1. The summed E-state index contributed by atoms with van der Waals surface area (Å²) in [4.78, 5) is 12.4. The number of alkyl carbamates (subject to hydrolysis) is 1. The molecule has 0 aliphatic heterocycles. The van der Waals surface area contributed by atoms with Crippen molar-refractivity contribution in [2.24, 2.45) is 0 Å². The summed E-state index contributed by atoms with van der Waals surface area (Å²) >= 11 is 0. The predicted molar refractivity (Wildman–Crippen MR) is 118 cm³/mol. The Hall–Kier alpha value is -3.33. The van der Waals surface area contributed by atoms with E-state index >= 15 is 0 Å². The molecule has 0 saturated carbocycles. The van der Waals surface area contributed by atoms with Gasteiger partial charge in [-0.05, 0) is 29.5 Å². The average molecular weight is 386 g/mol. The number of rotatable bonds is 9. The number of carbonyl (C=O) groups excluding carboxylic acids is 1. The molecule has 3 nitrogen and oxygen atoms in total. The second-order valence-corrected chi connectivity index (χ2v) is 7.06. The van der Waals surface area contributed by atoms with Gasteiger partial charge in [0.15, 0.2) is 0 Å². The third-order valence-electron chi connectivity index (χ3n) is 5.18. The van der Waals surface area contributed by atoms with Crippen molar-refractivity contribution in [3.63, 3.8) is 0 Å². The van der Waals surface area contributed by atoms with Crippen molar-refractivity contribution in [2.45, 2.75) is 24.9 Å². The zero-order valence-electron chi connectivity index (χ0n) is 16.6. The molecule has 148 valence electrons. The minimum absolute atomic E-state index is 0.253. The molecule has 0 aromatic heterocycles. The molecule has 0 aliphatic carbocycles. The molecule has 0 saturated heterocycles. The van der Waals surface area contributed by atoms with Crippen LogP contribution in [0.3, 0.4) is 0 Å². The summed E-state index contributed by atoms with van der Waals surface area (Å²) in [6.45, 7) is 4.60. The Balaban J connectivity index is 1.80. The van der Waals surface area contributed by atoms with Crippen molar-refractivity contribution in [3.8, 4) is 0 Å². The number of nitrogens with one attached hydrogen (secondary N) is 1. The molecule has 0 heterocycles. The van der Waals surface area contributed by atoms with Crippen molar-refractivity contribution >= 4 is 6.09 Å². The van der Waals surface area contributed by atoms with E-state index in [2.05, 4.69) is 36.2 Å². The van der Waals surface area contributed by atoms with Crippen LogP contribution >= 0.6 is 0 Å². The molecule has 0 aliphatic rings. The van der Waals surface area contributed by atoms with E-state index in [4.69, 9.17) is 4.74 Å². The van der Waals surface area contributed by atoms with Crippen LogP contribution in [0, 0.1) is 0 Å². The van der Waals surface area contributed by atoms with E-state index in [1.165, 1.54) is 0 Å². The Morgan fingerprint density at radius 3 is 1.90 bits per heavy atom. The Labute approximate surface area is 173 Å². The highest BCUT2D eigenvalue weighted by molar-refractivity contribution is 5.67. The van der Waals surface area contributed by atoms with Crippen LogP contribution in [0.4, 0.5) is 4.79 Å². The van der Waals surface area contributed by atoms with E-state index in [0.29, 0.717) is 6.54 Å². The Morgan fingerprint density at radius 2 is 1.38 bits per heavy atom. The lowest BCUT2D eigenvalue weighted by Crippen LogP contribution is -2.42. The first-order valence-electron chi connectivity index (χ1n) is 9.91. The molecule has 29 heavy (non-hydrogen) atoms. The molecule has 0 radical (unpaired) electrons. The van der Waals surface area contributed by atoms with Gasteiger partial charge in [-0.25, -0.2) is 4.79 Å². The largest absolute Gasteiger partial charge is 0.445 e. The third kappa shape index (κ3) is 5.35. The number of hydrogen-bond acceptors (Lipinski definition) is 2. The normalized spacial score (nSPS) is 10.9. The van der Waals surface area contributed by atoms with Crippen LogP contribution in [0.1, 0.15) is 29.5 Å². The first kappa shape index (κ1) is 20.4. The molecule has 3 aromatic rings. The van der Waals surface area contributed by atoms with Crippen molar-refractivity contribution < 1.29 is 9.53 Å². The summed E-state index contributed by atoms with van der Waals surface area (Å²) in [5.41, 5.74) is 2.93. The van der Waals surface area contributed by atoms with Crippen molar-refractivity contribution in [3.05, 3.63) is 120 Å². The van der Waals surface area contributed by atoms with Gasteiger partial charge in [-0.15, -0.1) is 6.58 Å². The molecule has 1 amide bonds. The zero-order valence-corrected chi connectivity index (χ0v) is 16.6. The number of amides is 1. The fraction of sp³-hybridized carbons (Fsp3) is 0.192. The molecule has 0 bridgehead atoms. The number of benzene rings is 3. The molecule has 0 unspecified atom stereocenters. The van der Waals surface area contributed by atoms with Gasteiger partial charge in [0.25, 0.3) is 0 Å². The quantitative estimate of drug-likeness (QED) is 0.468. The zero-order chi connectivity index (χ0) is 20.4. The Kier molecular flexibility index (Phi) is 7.23. The van der Waals surface area contributed by atoms with E-state index in [-0.39, 0.29) is 12.0 Å². The van der Waals surface area contributed by atoms with E-state index in [9.17, 15) is 4.79 Å². The lowest BCUT2D eigenvalue weighted by Gasteiger charge is -2.35. The van der Waals surface area contributed by atoms with Gasteiger partial charge < -0.3 is 10.1 Å². The monoisotopic (exact) mass is 385 g/mol. The second kappa shape index (κ2) is 10.3. The van der Waals surface area contributed by atoms with Crippen LogP contribution in [0.5, 0.6) is 0 Å². The molecular weight excluding hydrogens is 358 g/mol. The van der Waals surface area contributed by atoms with Crippen LogP contribution in [0.2, 0.25) is 0 Å². The maximum absolute atomic E-state index is 12.4. The molecular formula is C26H27NO2. The minimum Gasteiger partial charge on any atom is -0.445 e. The average Bonchev–Trinajstić information content (AvgIpc) is 2.80. The SMILES string of the molecule is C=CCCC(CNC(=O)OCc1ccccc1)(c1ccccc1)c1ccccc1. The predicted octanol–water partition coefficient (Wildman–Crippen LogP) is 5.87. The van der Waals surface area contributed by atoms with Gasteiger partial charge in [0.05, 0.1) is 0 Å². The summed E-state index contributed by atoms with van der Waals surface area (Å²) in [6, 6.07) is 30.3. The van der Waals surface area contributed by atoms with Crippen LogP contribution in [-0.4, -0.2) is 12.6 Å². The van der Waals surface area contributed by atoms with Crippen molar-refractivity contribution in [1.29, 1.82) is 0 Å². The highest BCUT2D eigenvalue weighted by Crippen LogP contribution is 2.36. The number of carbonyl (C=O) groups is 1. The van der Waals surface area contributed by atoms with Crippen molar-refractivity contribution in [2.75, 3.05) is 6.54 Å². The number of hydrogen-bond donors (Lipinski definition) is 1. The Morgan fingerprint density at radius 1 is 0.862 bits per heavy atom. The summed E-state index contributed by atoms with van der Waals surface area (Å²) in [7, 11) is 0. The van der Waals surface area contributed by atoms with E-state index in [1.54, 1.807) is 0 Å². The molecule has 3 aromatic carbocycles. The van der Waals surface area contributed by atoms with Gasteiger partial charge in [-0.1, -0.05) is 97.1 Å². The fourth-order valence-corrected chi connectivity index (χ4v) is 3.61. The van der Waals surface area contributed by atoms with Gasteiger partial charge >= 0.3 is 6.09 Å². The highest BCUT2D eigenvalue weighted by atomic mass is 16.5. The summed E-state index contributed by atoms with van der Waals surface area (Å²) in [5, 5.41) is 3.00. The number of ether oxygens (including phenoxy) is 1. The minimum atomic E-state index is -0.413. The standard InChI is InChI=1S/C26H27NO2/c1-2-3-19-26(23-15-9-5-10-16-23,24-17-11-6-12-18-24)21-27-25(28)29-20-22-13-7-4-8-14-22/h2,4-18H,1,3,19-21H2,(H,27,28). The van der Waals surface area contributed by atoms with Crippen LogP contribution in [0.15, 0.2) is 104 Å². The van der Waals surface area contributed by atoms with E-state index < -0.39 is 6.09 Å². The molecule has 3 heteroatoms.